The summed E-state index contributed by atoms with van der Waals surface area (Å²) >= 11 is 0. The summed E-state index contributed by atoms with van der Waals surface area (Å²) in [6, 6.07) is 4.18. The summed E-state index contributed by atoms with van der Waals surface area (Å²) in [6.07, 6.45) is -2.07. The second-order valence-corrected chi connectivity index (χ2v) is 10.3. The van der Waals surface area contributed by atoms with E-state index in [1.807, 2.05) is 0 Å². The Kier molecular flexibility index (Phi) is 7.60. The molecule has 0 radical (unpaired) electrons. The van der Waals surface area contributed by atoms with Crippen LogP contribution in [0.15, 0.2) is 47.6 Å². The number of amides is 1. The molecule has 0 unspecified atom stereocenters. The minimum atomic E-state index is -4.70. The van der Waals surface area contributed by atoms with Crippen LogP contribution in [0.1, 0.15) is 31.3 Å². The first-order chi connectivity index (χ1) is 17.9. The fourth-order valence-corrected chi connectivity index (χ4v) is 5.88. The van der Waals surface area contributed by atoms with E-state index in [2.05, 4.69) is 25.3 Å². The highest BCUT2D eigenvalue weighted by Gasteiger charge is 2.43. The molecule has 202 valence electrons. The van der Waals surface area contributed by atoms with Gasteiger partial charge in [0.15, 0.2) is 0 Å². The molecule has 4 rings (SSSR count). The van der Waals surface area contributed by atoms with Crippen molar-refractivity contribution >= 4 is 15.9 Å². The molecule has 1 aliphatic heterocycles. The molecule has 2 atom stereocenters. The molecule has 0 saturated carbocycles. The first-order valence-electron chi connectivity index (χ1n) is 11.3. The van der Waals surface area contributed by atoms with Gasteiger partial charge in [0.1, 0.15) is 11.9 Å². The average molecular weight is 555 g/mol. The number of hydrogen-bond donors (Lipinski definition) is 1. The van der Waals surface area contributed by atoms with Crippen molar-refractivity contribution in [3.63, 3.8) is 0 Å². The van der Waals surface area contributed by atoms with Gasteiger partial charge in [-0.15, -0.1) is 0 Å². The Morgan fingerprint density at radius 2 is 1.79 bits per heavy atom. The van der Waals surface area contributed by atoms with Crippen molar-refractivity contribution < 1.29 is 35.5 Å². The lowest BCUT2D eigenvalue weighted by Gasteiger charge is -2.27. The largest absolute Gasteiger partial charge is 0.467 e. The predicted octanol–water partition coefficient (Wildman–Crippen LogP) is 2.96. The minimum absolute atomic E-state index is 0.110. The summed E-state index contributed by atoms with van der Waals surface area (Å²) in [7, 11) is -2.79. The second-order valence-electron chi connectivity index (χ2n) is 8.47. The van der Waals surface area contributed by atoms with E-state index in [1.54, 1.807) is 6.92 Å². The van der Waals surface area contributed by atoms with Crippen LogP contribution >= 0.6 is 0 Å². The molecular formula is C23H22F4N6O4S. The van der Waals surface area contributed by atoms with Gasteiger partial charge in [-0.1, -0.05) is 0 Å². The van der Waals surface area contributed by atoms with E-state index in [1.165, 1.54) is 13.2 Å². The topological polar surface area (TPSA) is 127 Å². The third-order valence-electron chi connectivity index (χ3n) is 5.88. The van der Waals surface area contributed by atoms with E-state index in [4.69, 9.17) is 4.74 Å². The predicted molar refractivity (Wildman–Crippen MR) is 124 cm³/mol. The van der Waals surface area contributed by atoms with E-state index < -0.39 is 45.8 Å². The number of rotatable bonds is 7. The minimum Gasteiger partial charge on any atom is -0.467 e. The van der Waals surface area contributed by atoms with Gasteiger partial charge in [-0.05, 0) is 50.1 Å². The van der Waals surface area contributed by atoms with Gasteiger partial charge in [-0.25, -0.2) is 22.8 Å². The molecule has 1 aliphatic rings. The number of aromatic nitrogens is 4. The Morgan fingerprint density at radius 1 is 1.13 bits per heavy atom. The molecule has 3 heterocycles. The quantitative estimate of drug-likeness (QED) is 0.442. The van der Waals surface area contributed by atoms with E-state index in [0.29, 0.717) is 6.42 Å². The molecule has 15 heteroatoms. The Bertz CT molecular complexity index is 1420. The highest BCUT2D eigenvalue weighted by molar-refractivity contribution is 7.89. The maximum absolute atomic E-state index is 13.3. The third-order valence-corrected chi connectivity index (χ3v) is 7.91. The number of alkyl halides is 3. The fraction of sp³-hybridized carbons (Fsp3) is 0.348. The van der Waals surface area contributed by atoms with Gasteiger partial charge in [-0.2, -0.15) is 27.4 Å². The van der Waals surface area contributed by atoms with Crippen LogP contribution < -0.4 is 10.1 Å². The number of nitrogens with zero attached hydrogens (tertiary/aromatic N) is 5. The summed E-state index contributed by atoms with van der Waals surface area (Å²) in [4.78, 5) is 27.8. The Labute approximate surface area is 215 Å². The van der Waals surface area contributed by atoms with Crippen molar-refractivity contribution in [3.05, 3.63) is 60.1 Å². The normalized spacial score (nSPS) is 18.4. The van der Waals surface area contributed by atoms with Crippen LogP contribution in [0.3, 0.4) is 0 Å². The van der Waals surface area contributed by atoms with Crippen LogP contribution in [-0.4, -0.2) is 57.8 Å². The van der Waals surface area contributed by atoms with Crippen molar-refractivity contribution in [1.82, 2.24) is 29.6 Å². The summed E-state index contributed by atoms with van der Waals surface area (Å²) < 4.78 is 84.3. The number of carbonyl (C=O) groups excluding carboxylic acids is 1. The van der Waals surface area contributed by atoms with Crippen LogP contribution in [0.2, 0.25) is 0 Å². The molecule has 1 aromatic carbocycles. The standard InChI is InChI=1S/C23H22F4N6O4S/c1-13-3-8-19(33(13)38(35,36)17-6-4-15(24)5-7-17)20(34)28-12-16-9-18(32-22(31-16)37-2)14-10-29-21(30-11-14)23(25,26)27/h4-7,9-11,13,19H,3,8,12H2,1-2H3,(H,28,34)/t13-,19-/m0/s1. The van der Waals surface area contributed by atoms with Gasteiger partial charge < -0.3 is 10.1 Å². The lowest BCUT2D eigenvalue weighted by molar-refractivity contribution is -0.145. The van der Waals surface area contributed by atoms with Crippen molar-refractivity contribution in [2.24, 2.45) is 0 Å². The molecule has 10 nitrogen and oxygen atoms in total. The zero-order chi connectivity index (χ0) is 27.7. The van der Waals surface area contributed by atoms with Crippen LogP contribution in [0.25, 0.3) is 11.3 Å². The van der Waals surface area contributed by atoms with Crippen LogP contribution in [0.5, 0.6) is 6.01 Å². The Balaban J connectivity index is 1.52. The highest BCUT2D eigenvalue weighted by Crippen LogP contribution is 2.31. The van der Waals surface area contributed by atoms with Gasteiger partial charge in [0.05, 0.1) is 29.9 Å². The first-order valence-corrected chi connectivity index (χ1v) is 12.7. The number of sulfonamides is 1. The smallest absolute Gasteiger partial charge is 0.451 e. The molecule has 38 heavy (non-hydrogen) atoms. The van der Waals surface area contributed by atoms with Crippen LogP contribution in [-0.2, 0) is 27.5 Å². The Hall–Kier alpha value is -3.72. The summed E-state index contributed by atoms with van der Waals surface area (Å²) in [6.45, 7) is 1.53. The fourth-order valence-electron chi connectivity index (χ4n) is 4.05. The monoisotopic (exact) mass is 554 g/mol. The molecule has 0 aliphatic carbocycles. The Morgan fingerprint density at radius 3 is 2.39 bits per heavy atom. The number of methoxy groups -OCH3 is 1. The van der Waals surface area contributed by atoms with Gasteiger partial charge in [0.2, 0.25) is 21.8 Å². The second kappa shape index (κ2) is 10.6. The van der Waals surface area contributed by atoms with Gasteiger partial charge in [0.25, 0.3) is 0 Å². The van der Waals surface area contributed by atoms with Crippen molar-refractivity contribution in [2.45, 2.75) is 49.5 Å². The molecule has 0 bridgehead atoms. The third kappa shape index (κ3) is 5.72. The molecule has 1 fully saturated rings. The number of benzene rings is 1. The molecule has 2 aromatic heterocycles. The highest BCUT2D eigenvalue weighted by atomic mass is 32.2. The van der Waals surface area contributed by atoms with Crippen molar-refractivity contribution in [1.29, 1.82) is 0 Å². The summed E-state index contributed by atoms with van der Waals surface area (Å²) in [5.41, 5.74) is 0.566. The number of carbonyl (C=O) groups is 1. The van der Waals surface area contributed by atoms with Gasteiger partial charge in [0, 0.05) is 24.0 Å². The molecule has 1 saturated heterocycles. The van der Waals surface area contributed by atoms with Crippen molar-refractivity contribution in [2.75, 3.05) is 7.11 Å². The number of hydrogen-bond acceptors (Lipinski definition) is 8. The maximum Gasteiger partial charge on any atom is 0.451 e. The average Bonchev–Trinajstić information content (AvgIpc) is 3.29. The molecule has 0 spiro atoms. The summed E-state index contributed by atoms with van der Waals surface area (Å²) in [5.74, 6) is -2.46. The van der Waals surface area contributed by atoms with E-state index in [0.717, 1.165) is 41.0 Å². The number of nitrogens with one attached hydrogen (secondary N) is 1. The molecule has 1 N–H and O–H groups in total. The molecule has 1 amide bonds. The van der Waals surface area contributed by atoms with Gasteiger partial charge >= 0.3 is 12.2 Å². The van der Waals surface area contributed by atoms with E-state index >= 15 is 0 Å². The number of halogens is 4. The van der Waals surface area contributed by atoms with Crippen LogP contribution in [0.4, 0.5) is 17.6 Å². The SMILES string of the molecule is COc1nc(CNC(=O)[C@@H]2CC[C@H](C)N2S(=O)(=O)c2ccc(F)cc2)cc(-c2cnc(C(F)(F)F)nc2)n1. The van der Waals surface area contributed by atoms with Crippen molar-refractivity contribution in [3.8, 4) is 17.3 Å². The summed E-state index contributed by atoms with van der Waals surface area (Å²) in [5, 5.41) is 2.65. The van der Waals surface area contributed by atoms with E-state index in [-0.39, 0.29) is 40.8 Å². The lowest BCUT2D eigenvalue weighted by atomic mass is 10.2. The van der Waals surface area contributed by atoms with E-state index in [9.17, 15) is 30.8 Å². The van der Waals surface area contributed by atoms with Crippen LogP contribution in [0, 0.1) is 5.82 Å². The molecular weight excluding hydrogens is 532 g/mol. The first kappa shape index (κ1) is 27.3. The zero-order valence-electron chi connectivity index (χ0n) is 20.1. The maximum atomic E-state index is 13.3. The lowest BCUT2D eigenvalue weighted by Crippen LogP contribution is -2.48. The molecule has 3 aromatic rings. The number of ether oxygens (including phenoxy) is 1. The zero-order valence-corrected chi connectivity index (χ0v) is 20.9. The van der Waals surface area contributed by atoms with Gasteiger partial charge in [-0.3, -0.25) is 4.79 Å².